The molecule has 0 spiro atoms. The lowest BCUT2D eigenvalue weighted by Gasteiger charge is -2.03. The fourth-order valence-electron chi connectivity index (χ4n) is 1.41. The summed E-state index contributed by atoms with van der Waals surface area (Å²) in [7, 11) is -3.38. The summed E-state index contributed by atoms with van der Waals surface area (Å²) >= 11 is 0. The van der Waals surface area contributed by atoms with Crippen LogP contribution in [-0.4, -0.2) is 30.8 Å². The van der Waals surface area contributed by atoms with Crippen molar-refractivity contribution in [2.75, 3.05) is 12.9 Å². The number of imidazole rings is 1. The second-order valence-corrected chi connectivity index (χ2v) is 5.02. The SMILES string of the molecule is CS(=O)(=O)OCCn1[c]nc2ccccc21. The van der Waals surface area contributed by atoms with E-state index in [0.29, 0.717) is 6.54 Å². The molecule has 5 nitrogen and oxygen atoms in total. The third kappa shape index (κ3) is 2.59. The number of hydrogen-bond acceptors (Lipinski definition) is 4. The van der Waals surface area contributed by atoms with Gasteiger partial charge in [-0.25, -0.2) is 4.98 Å². The van der Waals surface area contributed by atoms with Gasteiger partial charge < -0.3 is 4.57 Å². The van der Waals surface area contributed by atoms with Crippen molar-refractivity contribution in [3.05, 3.63) is 30.6 Å². The average Bonchev–Trinajstić information content (AvgIpc) is 2.60. The van der Waals surface area contributed by atoms with Gasteiger partial charge in [0.2, 0.25) is 0 Å². The first-order chi connectivity index (χ1) is 7.56. The maximum Gasteiger partial charge on any atom is 0.264 e. The Bertz CT molecular complexity index is 589. The van der Waals surface area contributed by atoms with Crippen LogP contribution in [0, 0.1) is 6.33 Å². The van der Waals surface area contributed by atoms with Crippen LogP contribution >= 0.6 is 0 Å². The molecule has 0 atom stereocenters. The molecular formula is C10H11N2O3S. The maximum atomic E-state index is 10.8. The first-order valence-electron chi connectivity index (χ1n) is 4.73. The topological polar surface area (TPSA) is 61.2 Å². The molecule has 0 unspecified atom stereocenters. The lowest BCUT2D eigenvalue weighted by molar-refractivity contribution is 0.305. The molecule has 6 heteroatoms. The Morgan fingerprint density at radius 1 is 1.44 bits per heavy atom. The van der Waals surface area contributed by atoms with E-state index in [1.54, 1.807) is 4.57 Å². The van der Waals surface area contributed by atoms with Gasteiger partial charge in [-0.05, 0) is 12.1 Å². The van der Waals surface area contributed by atoms with Gasteiger partial charge >= 0.3 is 0 Å². The van der Waals surface area contributed by atoms with Gasteiger partial charge in [-0.1, -0.05) is 12.1 Å². The average molecular weight is 239 g/mol. The zero-order valence-corrected chi connectivity index (χ0v) is 9.57. The molecule has 1 aromatic carbocycles. The van der Waals surface area contributed by atoms with Crippen molar-refractivity contribution in [3.8, 4) is 0 Å². The molecule has 0 bridgehead atoms. The minimum absolute atomic E-state index is 0.0929. The van der Waals surface area contributed by atoms with Crippen molar-refractivity contribution in [1.29, 1.82) is 0 Å². The minimum atomic E-state index is -3.38. The second kappa shape index (κ2) is 4.23. The molecule has 0 fully saturated rings. The summed E-state index contributed by atoms with van der Waals surface area (Å²) in [5.41, 5.74) is 1.75. The van der Waals surface area contributed by atoms with Crippen LogP contribution in [0.4, 0.5) is 0 Å². The molecule has 2 rings (SSSR count). The molecule has 16 heavy (non-hydrogen) atoms. The molecule has 2 aromatic rings. The molecule has 0 amide bonds. The van der Waals surface area contributed by atoms with Crippen LogP contribution < -0.4 is 0 Å². The fourth-order valence-corrected chi connectivity index (χ4v) is 1.78. The summed E-state index contributed by atoms with van der Waals surface area (Å²) < 4.78 is 27.9. The predicted octanol–water partition coefficient (Wildman–Crippen LogP) is 0.813. The van der Waals surface area contributed by atoms with Crippen molar-refractivity contribution in [2.45, 2.75) is 6.54 Å². The van der Waals surface area contributed by atoms with Crippen LogP contribution in [0.2, 0.25) is 0 Å². The van der Waals surface area contributed by atoms with Crippen molar-refractivity contribution in [2.24, 2.45) is 0 Å². The maximum absolute atomic E-state index is 10.8. The predicted molar refractivity (Wildman–Crippen MR) is 59.4 cm³/mol. The lowest BCUT2D eigenvalue weighted by Crippen LogP contribution is -2.09. The van der Waals surface area contributed by atoms with E-state index in [9.17, 15) is 8.42 Å². The molecule has 1 aromatic heterocycles. The molecule has 0 saturated heterocycles. The standard InChI is InChI=1S/C10H11N2O3S/c1-16(13,14)15-7-6-12-8-11-9-4-2-3-5-10(9)12/h2-5H,6-7H2,1H3. The number of rotatable bonds is 4. The van der Waals surface area contributed by atoms with Crippen molar-refractivity contribution in [3.63, 3.8) is 0 Å². The molecule has 1 heterocycles. The smallest absolute Gasteiger partial charge is 0.264 e. The third-order valence-electron chi connectivity index (χ3n) is 2.08. The van der Waals surface area contributed by atoms with E-state index in [2.05, 4.69) is 15.5 Å². The van der Waals surface area contributed by atoms with Crippen LogP contribution in [0.25, 0.3) is 11.0 Å². The highest BCUT2D eigenvalue weighted by atomic mass is 32.2. The van der Waals surface area contributed by atoms with Gasteiger partial charge in [-0.2, -0.15) is 8.42 Å². The van der Waals surface area contributed by atoms with Gasteiger partial charge in [0.15, 0.2) is 6.33 Å². The van der Waals surface area contributed by atoms with E-state index in [4.69, 9.17) is 0 Å². The van der Waals surface area contributed by atoms with E-state index in [-0.39, 0.29) is 6.61 Å². The van der Waals surface area contributed by atoms with E-state index < -0.39 is 10.1 Å². The Morgan fingerprint density at radius 2 is 2.19 bits per heavy atom. The van der Waals surface area contributed by atoms with E-state index in [1.807, 2.05) is 24.3 Å². The molecule has 0 aliphatic carbocycles. The number of aromatic nitrogens is 2. The molecule has 0 aliphatic rings. The Morgan fingerprint density at radius 3 is 2.94 bits per heavy atom. The molecule has 0 N–H and O–H groups in total. The molecular weight excluding hydrogens is 228 g/mol. The third-order valence-corrected chi connectivity index (χ3v) is 2.67. The highest BCUT2D eigenvalue weighted by molar-refractivity contribution is 7.85. The number of hydrogen-bond donors (Lipinski definition) is 0. The van der Waals surface area contributed by atoms with Crippen LogP contribution in [0.3, 0.4) is 0 Å². The van der Waals surface area contributed by atoms with Gasteiger partial charge in [0.05, 0.1) is 23.9 Å². The Kier molecular flexibility index (Phi) is 2.93. The van der Waals surface area contributed by atoms with Gasteiger partial charge in [0.25, 0.3) is 10.1 Å². The Hall–Kier alpha value is -1.40. The normalized spacial score (nSPS) is 12.1. The quantitative estimate of drug-likeness (QED) is 0.741. The Balaban J connectivity index is 2.10. The zero-order valence-electron chi connectivity index (χ0n) is 8.75. The largest absolute Gasteiger partial charge is 0.319 e. The van der Waals surface area contributed by atoms with Crippen LogP contribution in [0.15, 0.2) is 24.3 Å². The van der Waals surface area contributed by atoms with Crippen molar-refractivity contribution in [1.82, 2.24) is 9.55 Å². The fraction of sp³-hybridized carbons (Fsp3) is 0.300. The highest BCUT2D eigenvalue weighted by Gasteiger charge is 2.04. The summed E-state index contributed by atoms with van der Waals surface area (Å²) in [6.45, 7) is 0.503. The van der Waals surface area contributed by atoms with E-state index in [1.165, 1.54) is 0 Å². The minimum Gasteiger partial charge on any atom is -0.319 e. The number of fused-ring (bicyclic) bond motifs is 1. The highest BCUT2D eigenvalue weighted by Crippen LogP contribution is 2.10. The Labute approximate surface area is 93.8 Å². The van der Waals surface area contributed by atoms with Gasteiger partial charge in [-0.15, -0.1) is 0 Å². The molecule has 0 saturated carbocycles. The molecule has 85 valence electrons. The summed E-state index contributed by atoms with van der Waals surface area (Å²) in [6, 6.07) is 7.56. The van der Waals surface area contributed by atoms with Crippen LogP contribution in [0.1, 0.15) is 0 Å². The molecule has 1 radical (unpaired) electrons. The first kappa shape index (κ1) is 11.1. The molecule has 0 aliphatic heterocycles. The summed E-state index contributed by atoms with van der Waals surface area (Å²) in [4.78, 5) is 4.07. The van der Waals surface area contributed by atoms with Crippen molar-refractivity contribution < 1.29 is 12.6 Å². The second-order valence-electron chi connectivity index (χ2n) is 3.38. The van der Waals surface area contributed by atoms with Gasteiger partial charge in [-0.3, -0.25) is 4.18 Å². The summed E-state index contributed by atoms with van der Waals surface area (Å²) in [6.07, 6.45) is 3.82. The van der Waals surface area contributed by atoms with E-state index >= 15 is 0 Å². The lowest BCUT2D eigenvalue weighted by atomic mass is 10.3. The first-order valence-corrected chi connectivity index (χ1v) is 6.55. The number of benzene rings is 1. The monoisotopic (exact) mass is 239 g/mol. The number of nitrogens with zero attached hydrogens (tertiary/aromatic N) is 2. The summed E-state index contributed by atoms with van der Waals surface area (Å²) in [5.74, 6) is 0. The van der Waals surface area contributed by atoms with Gasteiger partial charge in [0, 0.05) is 6.54 Å². The van der Waals surface area contributed by atoms with Crippen LogP contribution in [-0.2, 0) is 20.8 Å². The summed E-state index contributed by atoms with van der Waals surface area (Å²) in [5, 5.41) is 0. The zero-order chi connectivity index (χ0) is 11.6. The van der Waals surface area contributed by atoms with Gasteiger partial charge in [0.1, 0.15) is 0 Å². The number of para-hydroxylation sites is 2. The van der Waals surface area contributed by atoms with Crippen LogP contribution in [0.5, 0.6) is 0 Å². The van der Waals surface area contributed by atoms with E-state index in [0.717, 1.165) is 17.3 Å². The van der Waals surface area contributed by atoms with Crippen molar-refractivity contribution >= 4 is 21.2 Å².